The summed E-state index contributed by atoms with van der Waals surface area (Å²) in [5.41, 5.74) is 6.97. The number of rotatable bonds is 3. The standard InChI is InChI=1S/C13H15ClN6O/c1-8-6-12(18-16-8)15-13(21)10-7-20(19-17-10)11-5-3-2-4-9(11)14/h2-5,7-8,12,16,18H,6H2,1H3,(H,15,21). The third-order valence-electron chi connectivity index (χ3n) is 3.22. The highest BCUT2D eigenvalue weighted by Gasteiger charge is 2.23. The normalized spacial score (nSPS) is 21.4. The fourth-order valence-electron chi connectivity index (χ4n) is 2.16. The molecule has 1 aliphatic heterocycles. The van der Waals surface area contributed by atoms with Gasteiger partial charge in [0.15, 0.2) is 5.69 Å². The van der Waals surface area contributed by atoms with Gasteiger partial charge in [0, 0.05) is 6.04 Å². The summed E-state index contributed by atoms with van der Waals surface area (Å²) in [6.45, 7) is 2.03. The number of benzene rings is 1. The number of hydrazine groups is 1. The average Bonchev–Trinajstić information content (AvgIpc) is 3.09. The lowest BCUT2D eigenvalue weighted by Gasteiger charge is -2.09. The van der Waals surface area contributed by atoms with Crippen molar-refractivity contribution in [2.24, 2.45) is 0 Å². The van der Waals surface area contributed by atoms with Crippen molar-refractivity contribution < 1.29 is 4.79 Å². The summed E-state index contributed by atoms with van der Waals surface area (Å²) in [6, 6.07) is 7.56. The summed E-state index contributed by atoms with van der Waals surface area (Å²) in [5, 5.41) is 11.2. The Kier molecular flexibility index (Phi) is 3.87. The lowest BCUT2D eigenvalue weighted by atomic mass is 10.2. The van der Waals surface area contributed by atoms with Crippen LogP contribution in [0.2, 0.25) is 5.02 Å². The van der Waals surface area contributed by atoms with E-state index in [1.165, 1.54) is 4.68 Å². The third kappa shape index (κ3) is 3.05. The Morgan fingerprint density at radius 1 is 1.43 bits per heavy atom. The van der Waals surface area contributed by atoms with Crippen LogP contribution < -0.4 is 16.2 Å². The van der Waals surface area contributed by atoms with Gasteiger partial charge in [-0.2, -0.15) is 0 Å². The largest absolute Gasteiger partial charge is 0.334 e. The van der Waals surface area contributed by atoms with Crippen molar-refractivity contribution in [3.63, 3.8) is 0 Å². The zero-order chi connectivity index (χ0) is 14.8. The van der Waals surface area contributed by atoms with Gasteiger partial charge in [-0.1, -0.05) is 28.9 Å². The van der Waals surface area contributed by atoms with Crippen molar-refractivity contribution in [1.82, 2.24) is 31.2 Å². The van der Waals surface area contributed by atoms with Gasteiger partial charge < -0.3 is 5.32 Å². The molecule has 2 atom stereocenters. The Morgan fingerprint density at radius 3 is 2.95 bits per heavy atom. The number of carbonyl (C=O) groups excluding carboxylic acids is 1. The van der Waals surface area contributed by atoms with Crippen LogP contribution in [0.3, 0.4) is 0 Å². The molecule has 8 heteroatoms. The molecule has 0 aliphatic carbocycles. The number of amides is 1. The predicted molar refractivity (Wildman–Crippen MR) is 78.0 cm³/mol. The minimum absolute atomic E-state index is 0.113. The predicted octanol–water partition coefficient (Wildman–Crippen LogP) is 0.863. The number of carbonyl (C=O) groups is 1. The van der Waals surface area contributed by atoms with E-state index in [0.717, 1.165) is 6.42 Å². The molecule has 2 unspecified atom stereocenters. The molecule has 1 aliphatic rings. The molecule has 3 rings (SSSR count). The van der Waals surface area contributed by atoms with Gasteiger partial charge in [0.2, 0.25) is 0 Å². The average molecular weight is 307 g/mol. The van der Waals surface area contributed by atoms with Crippen LogP contribution >= 0.6 is 11.6 Å². The Balaban J connectivity index is 1.73. The first kappa shape index (κ1) is 14.0. The number of nitrogens with one attached hydrogen (secondary N) is 3. The monoisotopic (exact) mass is 306 g/mol. The topological polar surface area (TPSA) is 83.9 Å². The molecule has 1 saturated heterocycles. The second-order valence-electron chi connectivity index (χ2n) is 4.95. The van der Waals surface area contributed by atoms with Gasteiger partial charge in [-0.15, -0.1) is 5.10 Å². The van der Waals surface area contributed by atoms with Gasteiger partial charge in [-0.25, -0.2) is 10.1 Å². The van der Waals surface area contributed by atoms with Crippen LogP contribution in [0.1, 0.15) is 23.8 Å². The first-order chi connectivity index (χ1) is 10.1. The first-order valence-corrected chi connectivity index (χ1v) is 7.00. The van der Waals surface area contributed by atoms with Crippen molar-refractivity contribution in [2.75, 3.05) is 0 Å². The van der Waals surface area contributed by atoms with Gasteiger partial charge in [0.25, 0.3) is 5.91 Å². The smallest absolute Gasteiger partial charge is 0.274 e. The van der Waals surface area contributed by atoms with Crippen molar-refractivity contribution in [2.45, 2.75) is 25.6 Å². The summed E-state index contributed by atoms with van der Waals surface area (Å²) in [5.74, 6) is -0.276. The number of aromatic nitrogens is 3. The summed E-state index contributed by atoms with van der Waals surface area (Å²) in [7, 11) is 0. The van der Waals surface area contributed by atoms with Crippen molar-refractivity contribution in [1.29, 1.82) is 0 Å². The highest BCUT2D eigenvalue weighted by atomic mass is 35.5. The Labute approximate surface area is 126 Å². The minimum Gasteiger partial charge on any atom is -0.334 e. The van der Waals surface area contributed by atoms with Gasteiger partial charge in [0.1, 0.15) is 0 Å². The molecule has 2 heterocycles. The molecule has 110 valence electrons. The second-order valence-corrected chi connectivity index (χ2v) is 5.36. The molecule has 7 nitrogen and oxygen atoms in total. The number of para-hydroxylation sites is 1. The molecular weight excluding hydrogens is 292 g/mol. The van der Waals surface area contributed by atoms with E-state index in [4.69, 9.17) is 11.6 Å². The van der Waals surface area contributed by atoms with Crippen molar-refractivity contribution >= 4 is 17.5 Å². The van der Waals surface area contributed by atoms with Gasteiger partial charge in [0.05, 0.1) is 23.1 Å². The van der Waals surface area contributed by atoms with E-state index in [-0.39, 0.29) is 17.8 Å². The van der Waals surface area contributed by atoms with Crippen LogP contribution in [-0.2, 0) is 0 Å². The van der Waals surface area contributed by atoms with Gasteiger partial charge in [-0.3, -0.25) is 10.2 Å². The molecule has 0 saturated carbocycles. The first-order valence-electron chi connectivity index (χ1n) is 6.62. The van der Waals surface area contributed by atoms with E-state index in [0.29, 0.717) is 16.8 Å². The number of hydrogen-bond donors (Lipinski definition) is 3. The molecule has 0 radical (unpaired) electrons. The Bertz CT molecular complexity index is 658. The number of nitrogens with zero attached hydrogens (tertiary/aromatic N) is 3. The minimum atomic E-state index is -0.276. The van der Waals surface area contributed by atoms with Crippen LogP contribution in [0.5, 0.6) is 0 Å². The highest BCUT2D eigenvalue weighted by molar-refractivity contribution is 6.32. The van der Waals surface area contributed by atoms with Gasteiger partial charge in [-0.05, 0) is 25.5 Å². The van der Waals surface area contributed by atoms with Crippen molar-refractivity contribution in [3.05, 3.63) is 41.2 Å². The number of hydrogen-bond acceptors (Lipinski definition) is 5. The summed E-state index contributed by atoms with van der Waals surface area (Å²) in [4.78, 5) is 12.1. The lowest BCUT2D eigenvalue weighted by Crippen LogP contribution is -2.44. The molecular formula is C13H15ClN6O. The third-order valence-corrected chi connectivity index (χ3v) is 3.54. The van der Waals surface area contributed by atoms with E-state index in [1.54, 1.807) is 12.3 Å². The fraction of sp³-hybridized carbons (Fsp3) is 0.308. The summed E-state index contributed by atoms with van der Waals surface area (Å²) in [6.07, 6.45) is 2.25. The molecule has 2 aromatic rings. The quantitative estimate of drug-likeness (QED) is 0.783. The van der Waals surface area contributed by atoms with E-state index in [9.17, 15) is 4.79 Å². The van der Waals surface area contributed by atoms with Crippen molar-refractivity contribution in [3.8, 4) is 5.69 Å². The van der Waals surface area contributed by atoms with E-state index >= 15 is 0 Å². The second kappa shape index (κ2) is 5.80. The number of halogens is 1. The lowest BCUT2D eigenvalue weighted by molar-refractivity contribution is 0.0927. The molecule has 1 fully saturated rings. The maximum absolute atomic E-state index is 12.1. The molecule has 0 bridgehead atoms. The summed E-state index contributed by atoms with van der Waals surface area (Å²) >= 11 is 6.09. The molecule has 1 aromatic carbocycles. The summed E-state index contributed by atoms with van der Waals surface area (Å²) < 4.78 is 1.49. The van der Waals surface area contributed by atoms with Crippen LogP contribution in [0.15, 0.2) is 30.5 Å². The molecule has 0 spiro atoms. The van der Waals surface area contributed by atoms with E-state index in [2.05, 4.69) is 26.5 Å². The van der Waals surface area contributed by atoms with Crippen LogP contribution in [0.25, 0.3) is 5.69 Å². The van der Waals surface area contributed by atoms with E-state index < -0.39 is 0 Å². The Morgan fingerprint density at radius 2 is 2.24 bits per heavy atom. The van der Waals surface area contributed by atoms with Crippen LogP contribution in [-0.4, -0.2) is 33.1 Å². The fourth-order valence-corrected chi connectivity index (χ4v) is 2.39. The molecule has 21 heavy (non-hydrogen) atoms. The highest BCUT2D eigenvalue weighted by Crippen LogP contribution is 2.18. The maximum Gasteiger partial charge on any atom is 0.274 e. The van der Waals surface area contributed by atoms with E-state index in [1.807, 2.05) is 25.1 Å². The van der Waals surface area contributed by atoms with Crippen LogP contribution in [0.4, 0.5) is 0 Å². The van der Waals surface area contributed by atoms with Gasteiger partial charge >= 0.3 is 0 Å². The molecule has 1 aromatic heterocycles. The Hall–Kier alpha value is -1.96. The molecule has 3 N–H and O–H groups in total. The zero-order valence-corrected chi connectivity index (χ0v) is 12.1. The zero-order valence-electron chi connectivity index (χ0n) is 11.4. The SMILES string of the molecule is CC1CC(NC(=O)c2cn(-c3ccccc3Cl)nn2)NN1. The van der Waals surface area contributed by atoms with Crippen LogP contribution in [0, 0.1) is 0 Å². The molecule has 1 amide bonds. The maximum atomic E-state index is 12.1.